The molecular formula is C14H30N2. The largest absolute Gasteiger partial charge is 0.310 e. The van der Waals surface area contributed by atoms with Gasteiger partial charge in [0.2, 0.25) is 0 Å². The summed E-state index contributed by atoms with van der Waals surface area (Å²) in [6.07, 6.45) is 6.77. The standard InChI is InChI=1S/C14H30N2/c1-5-6-7-9-13(2)16-11-8-10-15-14(3,4)12-16/h13,15H,5-12H2,1-4H3. The van der Waals surface area contributed by atoms with Gasteiger partial charge in [-0.3, -0.25) is 4.90 Å². The third-order valence-electron chi connectivity index (χ3n) is 3.67. The summed E-state index contributed by atoms with van der Waals surface area (Å²) in [7, 11) is 0. The Morgan fingerprint density at radius 3 is 2.75 bits per heavy atom. The lowest BCUT2D eigenvalue weighted by Gasteiger charge is -2.34. The molecule has 1 fully saturated rings. The van der Waals surface area contributed by atoms with Crippen molar-refractivity contribution in [1.29, 1.82) is 0 Å². The van der Waals surface area contributed by atoms with Crippen molar-refractivity contribution in [2.24, 2.45) is 0 Å². The minimum Gasteiger partial charge on any atom is -0.310 e. The van der Waals surface area contributed by atoms with Crippen LogP contribution in [0.3, 0.4) is 0 Å². The zero-order valence-corrected chi connectivity index (χ0v) is 11.7. The molecule has 1 aliphatic rings. The first-order valence-electron chi connectivity index (χ1n) is 7.04. The van der Waals surface area contributed by atoms with E-state index >= 15 is 0 Å². The van der Waals surface area contributed by atoms with Crippen LogP contribution in [0.15, 0.2) is 0 Å². The second-order valence-electron chi connectivity index (χ2n) is 5.98. The first-order chi connectivity index (χ1) is 7.55. The second kappa shape index (κ2) is 6.61. The monoisotopic (exact) mass is 226 g/mol. The van der Waals surface area contributed by atoms with Crippen molar-refractivity contribution in [1.82, 2.24) is 10.2 Å². The van der Waals surface area contributed by atoms with Gasteiger partial charge in [0.15, 0.2) is 0 Å². The Hall–Kier alpha value is -0.0800. The third-order valence-corrected chi connectivity index (χ3v) is 3.67. The highest BCUT2D eigenvalue weighted by atomic mass is 15.2. The fourth-order valence-corrected chi connectivity index (χ4v) is 2.60. The van der Waals surface area contributed by atoms with Crippen molar-refractivity contribution in [3.63, 3.8) is 0 Å². The van der Waals surface area contributed by atoms with Gasteiger partial charge >= 0.3 is 0 Å². The number of rotatable bonds is 5. The van der Waals surface area contributed by atoms with Crippen LogP contribution in [0.1, 0.15) is 59.8 Å². The van der Waals surface area contributed by atoms with Gasteiger partial charge in [-0.15, -0.1) is 0 Å². The molecule has 0 aromatic rings. The molecule has 1 aliphatic heterocycles. The molecule has 1 heterocycles. The van der Waals surface area contributed by atoms with Crippen LogP contribution in [0.25, 0.3) is 0 Å². The molecule has 0 saturated carbocycles. The SMILES string of the molecule is CCCCCC(C)N1CCCNC(C)(C)C1. The normalized spacial score (nSPS) is 24.0. The van der Waals surface area contributed by atoms with Gasteiger partial charge in [-0.2, -0.15) is 0 Å². The summed E-state index contributed by atoms with van der Waals surface area (Å²) in [4.78, 5) is 2.68. The first kappa shape index (κ1) is 14.0. The minimum absolute atomic E-state index is 0.287. The first-order valence-corrected chi connectivity index (χ1v) is 7.04. The van der Waals surface area contributed by atoms with Gasteiger partial charge in [-0.05, 0) is 46.7 Å². The molecule has 1 rings (SSSR count). The van der Waals surface area contributed by atoms with Crippen molar-refractivity contribution in [3.8, 4) is 0 Å². The van der Waals surface area contributed by atoms with Crippen LogP contribution in [-0.4, -0.2) is 36.1 Å². The number of nitrogens with one attached hydrogen (secondary N) is 1. The van der Waals surface area contributed by atoms with Crippen molar-refractivity contribution >= 4 is 0 Å². The topological polar surface area (TPSA) is 15.3 Å². The molecule has 2 nitrogen and oxygen atoms in total. The van der Waals surface area contributed by atoms with Gasteiger partial charge in [0, 0.05) is 18.1 Å². The van der Waals surface area contributed by atoms with Crippen molar-refractivity contribution in [2.45, 2.75) is 71.4 Å². The lowest BCUT2D eigenvalue weighted by molar-refractivity contribution is 0.169. The number of hydrogen-bond acceptors (Lipinski definition) is 2. The Balaban J connectivity index is 2.37. The molecule has 0 aliphatic carbocycles. The highest BCUT2D eigenvalue weighted by Crippen LogP contribution is 2.16. The molecule has 0 aromatic carbocycles. The summed E-state index contributed by atoms with van der Waals surface area (Å²) in [6, 6.07) is 0.755. The van der Waals surface area contributed by atoms with Gasteiger partial charge in [0.05, 0.1) is 0 Å². The molecule has 0 bridgehead atoms. The highest BCUT2D eigenvalue weighted by molar-refractivity contribution is 4.86. The van der Waals surface area contributed by atoms with Crippen LogP contribution in [0.2, 0.25) is 0 Å². The van der Waals surface area contributed by atoms with E-state index in [1.54, 1.807) is 0 Å². The lowest BCUT2D eigenvalue weighted by Crippen LogP contribution is -2.48. The number of hydrogen-bond donors (Lipinski definition) is 1. The molecule has 0 spiro atoms. The Kier molecular flexibility index (Phi) is 5.77. The summed E-state index contributed by atoms with van der Waals surface area (Å²) < 4.78 is 0. The molecule has 0 aromatic heterocycles. The Morgan fingerprint density at radius 1 is 1.31 bits per heavy atom. The summed E-state index contributed by atoms with van der Waals surface area (Å²) in [5.41, 5.74) is 0.287. The molecule has 1 saturated heterocycles. The average molecular weight is 226 g/mol. The van der Waals surface area contributed by atoms with E-state index in [0.717, 1.165) is 6.04 Å². The third kappa shape index (κ3) is 4.84. The summed E-state index contributed by atoms with van der Waals surface area (Å²) in [5, 5.41) is 3.63. The summed E-state index contributed by atoms with van der Waals surface area (Å²) >= 11 is 0. The Labute approximate surface area is 102 Å². The molecule has 1 N–H and O–H groups in total. The zero-order chi connectivity index (χ0) is 12.0. The van der Waals surface area contributed by atoms with Gasteiger partial charge < -0.3 is 5.32 Å². The van der Waals surface area contributed by atoms with E-state index in [4.69, 9.17) is 0 Å². The average Bonchev–Trinajstić information content (AvgIpc) is 2.39. The molecule has 1 atom stereocenters. The van der Waals surface area contributed by atoms with Crippen LogP contribution in [0.5, 0.6) is 0 Å². The van der Waals surface area contributed by atoms with Gasteiger partial charge in [-0.1, -0.05) is 26.2 Å². The maximum atomic E-state index is 3.63. The maximum absolute atomic E-state index is 3.63. The van der Waals surface area contributed by atoms with E-state index in [-0.39, 0.29) is 5.54 Å². The molecule has 2 heteroatoms. The van der Waals surface area contributed by atoms with Gasteiger partial charge in [0.1, 0.15) is 0 Å². The van der Waals surface area contributed by atoms with E-state index in [1.807, 2.05) is 0 Å². The van der Waals surface area contributed by atoms with Crippen molar-refractivity contribution < 1.29 is 0 Å². The van der Waals surface area contributed by atoms with E-state index < -0.39 is 0 Å². The second-order valence-corrected chi connectivity index (χ2v) is 5.98. The van der Waals surface area contributed by atoms with Crippen LogP contribution in [0.4, 0.5) is 0 Å². The van der Waals surface area contributed by atoms with E-state index in [0.29, 0.717) is 0 Å². The Bertz CT molecular complexity index is 189. The van der Waals surface area contributed by atoms with Crippen molar-refractivity contribution in [3.05, 3.63) is 0 Å². The molecular weight excluding hydrogens is 196 g/mol. The van der Waals surface area contributed by atoms with Crippen LogP contribution >= 0.6 is 0 Å². The van der Waals surface area contributed by atoms with Crippen molar-refractivity contribution in [2.75, 3.05) is 19.6 Å². The fraction of sp³-hybridized carbons (Fsp3) is 1.00. The summed E-state index contributed by atoms with van der Waals surface area (Å²) in [5.74, 6) is 0. The molecule has 96 valence electrons. The fourth-order valence-electron chi connectivity index (χ4n) is 2.60. The van der Waals surface area contributed by atoms with Gasteiger partial charge in [0.25, 0.3) is 0 Å². The van der Waals surface area contributed by atoms with Crippen LogP contribution in [-0.2, 0) is 0 Å². The van der Waals surface area contributed by atoms with E-state index in [2.05, 4.69) is 37.9 Å². The predicted molar refractivity (Wildman–Crippen MR) is 71.9 cm³/mol. The molecule has 16 heavy (non-hydrogen) atoms. The quantitative estimate of drug-likeness (QED) is 0.725. The molecule has 0 amide bonds. The molecule has 0 radical (unpaired) electrons. The predicted octanol–water partition coefficient (Wildman–Crippen LogP) is 3.03. The zero-order valence-electron chi connectivity index (χ0n) is 11.7. The minimum atomic E-state index is 0.287. The van der Waals surface area contributed by atoms with E-state index in [9.17, 15) is 0 Å². The number of unbranched alkanes of at least 4 members (excludes halogenated alkanes) is 2. The van der Waals surface area contributed by atoms with Crippen LogP contribution < -0.4 is 5.32 Å². The maximum Gasteiger partial charge on any atom is 0.0252 e. The smallest absolute Gasteiger partial charge is 0.0252 e. The summed E-state index contributed by atoms with van der Waals surface area (Å²) in [6.45, 7) is 13.0. The Morgan fingerprint density at radius 2 is 2.06 bits per heavy atom. The highest BCUT2D eigenvalue weighted by Gasteiger charge is 2.26. The number of nitrogens with zero attached hydrogens (tertiary/aromatic N) is 1. The van der Waals surface area contributed by atoms with Gasteiger partial charge in [-0.25, -0.2) is 0 Å². The van der Waals surface area contributed by atoms with E-state index in [1.165, 1.54) is 51.7 Å². The lowest BCUT2D eigenvalue weighted by atomic mass is 10.0. The molecule has 1 unspecified atom stereocenters. The van der Waals surface area contributed by atoms with Crippen LogP contribution in [0, 0.1) is 0 Å².